The van der Waals surface area contributed by atoms with Gasteiger partial charge in [-0.3, -0.25) is 0 Å². The predicted octanol–water partition coefficient (Wildman–Crippen LogP) is 15.9. The molecule has 0 saturated carbocycles. The van der Waals surface area contributed by atoms with Gasteiger partial charge >= 0.3 is 0 Å². The van der Waals surface area contributed by atoms with E-state index in [1.54, 1.807) is 0 Å². The minimum atomic E-state index is 0.639. The maximum atomic E-state index is 9.94. The van der Waals surface area contributed by atoms with Crippen LogP contribution in [0.15, 0.2) is 0 Å². The number of carbonyl (C=O) groups excluding carboxylic acids is 9. The molecule has 0 N–H and O–H groups in total. The Kier molecular flexibility index (Phi) is 143. The highest BCUT2D eigenvalue weighted by atomic mass is 16.1. The van der Waals surface area contributed by atoms with Gasteiger partial charge in [-0.15, -0.1) is 0 Å². The van der Waals surface area contributed by atoms with Crippen LogP contribution in [-0.4, -0.2) is 56.6 Å². The third-order valence-corrected chi connectivity index (χ3v) is 8.38. The molecule has 0 unspecified atom stereocenters. The first-order chi connectivity index (χ1) is 30.7. The fraction of sp³-hybridized carbons (Fsp3) is 0.833. The zero-order valence-electron chi connectivity index (χ0n) is 43.3. The van der Waals surface area contributed by atoms with Crippen molar-refractivity contribution in [3.8, 4) is 0 Å². The molecule has 0 amide bonds. The van der Waals surface area contributed by atoms with E-state index >= 15 is 0 Å². The van der Waals surface area contributed by atoms with Crippen molar-refractivity contribution in [1.82, 2.24) is 0 Å². The van der Waals surface area contributed by atoms with E-state index < -0.39 is 0 Å². The Hall–Kier alpha value is -2.97. The van der Waals surface area contributed by atoms with Crippen molar-refractivity contribution in [2.24, 2.45) is 0 Å². The highest BCUT2D eigenvalue weighted by Gasteiger charge is 1.90. The van der Waals surface area contributed by atoms with E-state index in [4.69, 9.17) is 4.79 Å². The van der Waals surface area contributed by atoms with Gasteiger partial charge < -0.3 is 43.2 Å². The molecule has 0 saturated heterocycles. The minimum absolute atomic E-state index is 0.639. The quantitative estimate of drug-likeness (QED) is 0.0441. The first-order valence-electron chi connectivity index (χ1n) is 25.6. The van der Waals surface area contributed by atoms with E-state index in [0.29, 0.717) is 12.8 Å². The highest BCUT2D eigenvalue weighted by molar-refractivity contribution is 5.50. The monoisotopic (exact) mass is 901 g/mol. The summed E-state index contributed by atoms with van der Waals surface area (Å²) in [4.78, 5) is 86.1. The van der Waals surface area contributed by atoms with Crippen molar-refractivity contribution < 1.29 is 43.2 Å². The maximum Gasteiger partial charge on any atom is 0.119 e. The lowest BCUT2D eigenvalue weighted by Gasteiger charge is -1.97. The molecule has 0 aromatic rings. The molecule has 0 fully saturated rings. The van der Waals surface area contributed by atoms with Crippen LogP contribution in [0.4, 0.5) is 0 Å². The molecule has 0 atom stereocenters. The summed E-state index contributed by atoms with van der Waals surface area (Å²) >= 11 is 0. The fourth-order valence-corrected chi connectivity index (χ4v) is 4.56. The molecule has 63 heavy (non-hydrogen) atoms. The molecule has 0 aliphatic carbocycles. The SMILES string of the molecule is CC=O.CCC=O.CCCC=O.CCCCC=O.CCCCCC=O.CCCCCCC=O.CCCCCCCC=O.CCCCCCCCC=O.CCCCCCCCCC=O. The number of carbonyl (C=O) groups is 9. The van der Waals surface area contributed by atoms with E-state index in [1.807, 2.05) is 13.8 Å². The summed E-state index contributed by atoms with van der Waals surface area (Å²) in [5.41, 5.74) is 0. The molecule has 0 bridgehead atoms. The summed E-state index contributed by atoms with van der Waals surface area (Å²) in [5.74, 6) is 0. The van der Waals surface area contributed by atoms with E-state index in [2.05, 4.69) is 41.5 Å². The van der Waals surface area contributed by atoms with Gasteiger partial charge in [0.25, 0.3) is 0 Å². The lowest BCUT2D eigenvalue weighted by molar-refractivity contribution is -0.108. The van der Waals surface area contributed by atoms with Crippen LogP contribution in [-0.2, 0) is 43.2 Å². The lowest BCUT2D eigenvalue weighted by Crippen LogP contribution is -1.80. The van der Waals surface area contributed by atoms with Gasteiger partial charge in [0, 0.05) is 51.4 Å². The van der Waals surface area contributed by atoms with Crippen LogP contribution in [0.3, 0.4) is 0 Å². The normalized spacial score (nSPS) is 8.71. The van der Waals surface area contributed by atoms with E-state index in [1.165, 1.54) is 135 Å². The summed E-state index contributed by atoms with van der Waals surface area (Å²) in [6.07, 6.45) is 48.7. The smallest absolute Gasteiger partial charge is 0.119 e. The van der Waals surface area contributed by atoms with Gasteiger partial charge in [0.15, 0.2) is 0 Å². The van der Waals surface area contributed by atoms with Crippen LogP contribution < -0.4 is 0 Å². The molecule has 0 aliphatic rings. The number of rotatable bonds is 36. The standard InChI is InChI=1S/C10H20O.C9H18O.C8H16O.C7H14O.C6H12O.C5H10O.C4H8O.C3H6O.C2H4O/c1-2-3-4-5-6-7-8-9-10-11;1-2-3-4-5-6-7-8-9-10;1-2-3-4-5-6-7-8-9;1-2-3-4-5-6-7-8;1-2-3-4-5-6-7;1-2-3-4-5-6;1-2-3-4-5;1-2-3-4;1-2-3/h10H,2-9H2,1H3;9H,2-8H2,1H3;8H,2-7H2,1H3;7H,2-6H2,1H3;6H,2-5H2,1H3;5H,2-4H2,1H3;4H,2-3H2,1H3;3H,2H2,1H3;2H,1H3. The molecular formula is C54H108O9. The second-order valence-corrected chi connectivity index (χ2v) is 14.9. The Morgan fingerprint density at radius 2 is 0.365 bits per heavy atom. The summed E-state index contributed by atoms with van der Waals surface area (Å²) in [5, 5.41) is 0. The average Bonchev–Trinajstić information content (AvgIpc) is 3.30. The molecule has 378 valence electrons. The highest BCUT2D eigenvalue weighted by Crippen LogP contribution is 2.08. The molecule has 0 heterocycles. The van der Waals surface area contributed by atoms with Gasteiger partial charge in [-0.1, -0.05) is 190 Å². The second kappa shape index (κ2) is 113. The molecular weight excluding hydrogens is 793 g/mol. The third kappa shape index (κ3) is 176. The van der Waals surface area contributed by atoms with Crippen LogP contribution in [0.2, 0.25) is 0 Å². The predicted molar refractivity (Wildman–Crippen MR) is 272 cm³/mol. The zero-order chi connectivity index (χ0) is 49.8. The maximum absolute atomic E-state index is 9.94. The Morgan fingerprint density at radius 3 is 0.524 bits per heavy atom. The second-order valence-electron chi connectivity index (χ2n) is 14.9. The molecule has 9 heteroatoms. The van der Waals surface area contributed by atoms with Crippen LogP contribution in [0.25, 0.3) is 0 Å². The number of unbranched alkanes of at least 4 members (excludes halogenated alkanes) is 28. The first kappa shape index (κ1) is 80.3. The lowest BCUT2D eigenvalue weighted by atomic mass is 10.1. The topological polar surface area (TPSA) is 154 Å². The third-order valence-electron chi connectivity index (χ3n) is 8.38. The Balaban J connectivity index is -0.0000000760. The van der Waals surface area contributed by atoms with Gasteiger partial charge in [0.2, 0.25) is 0 Å². The Morgan fingerprint density at radius 1 is 0.206 bits per heavy atom. The summed E-state index contributed by atoms with van der Waals surface area (Å²) < 4.78 is 0. The Labute approximate surface area is 392 Å². The van der Waals surface area contributed by atoms with Crippen LogP contribution in [0, 0.1) is 0 Å². The summed E-state index contributed by atoms with van der Waals surface area (Å²) in [7, 11) is 0. The molecule has 0 aliphatic heterocycles. The average molecular weight is 901 g/mol. The molecule has 0 spiro atoms. The van der Waals surface area contributed by atoms with E-state index in [-0.39, 0.29) is 0 Å². The van der Waals surface area contributed by atoms with Crippen molar-refractivity contribution in [2.75, 3.05) is 0 Å². The van der Waals surface area contributed by atoms with Gasteiger partial charge in [0.1, 0.15) is 56.6 Å². The summed E-state index contributed by atoms with van der Waals surface area (Å²) in [6.45, 7) is 18.2. The molecule has 9 nitrogen and oxygen atoms in total. The van der Waals surface area contributed by atoms with Crippen LogP contribution in [0.1, 0.15) is 293 Å². The van der Waals surface area contributed by atoms with Gasteiger partial charge in [-0.2, -0.15) is 0 Å². The van der Waals surface area contributed by atoms with Crippen LogP contribution >= 0.6 is 0 Å². The zero-order valence-corrected chi connectivity index (χ0v) is 43.3. The van der Waals surface area contributed by atoms with Crippen molar-refractivity contribution in [3.05, 3.63) is 0 Å². The first-order valence-corrected chi connectivity index (χ1v) is 25.6. The van der Waals surface area contributed by atoms with Crippen LogP contribution in [0.5, 0.6) is 0 Å². The number of aldehydes is 9. The van der Waals surface area contributed by atoms with E-state index in [0.717, 1.165) is 146 Å². The van der Waals surface area contributed by atoms with E-state index in [9.17, 15) is 38.4 Å². The van der Waals surface area contributed by atoms with Crippen molar-refractivity contribution in [1.29, 1.82) is 0 Å². The summed E-state index contributed by atoms with van der Waals surface area (Å²) in [6, 6.07) is 0. The fourth-order valence-electron chi connectivity index (χ4n) is 4.56. The van der Waals surface area contributed by atoms with Gasteiger partial charge in [-0.25, -0.2) is 0 Å². The van der Waals surface area contributed by atoms with Gasteiger partial charge in [0.05, 0.1) is 0 Å². The Bertz CT molecular complexity index is 772. The van der Waals surface area contributed by atoms with Gasteiger partial charge in [-0.05, 0) is 51.9 Å². The minimum Gasteiger partial charge on any atom is -0.304 e. The molecule has 0 aromatic carbocycles. The molecule has 0 radical (unpaired) electrons. The number of hydrogen-bond donors (Lipinski definition) is 0. The van der Waals surface area contributed by atoms with Crippen molar-refractivity contribution in [3.63, 3.8) is 0 Å². The van der Waals surface area contributed by atoms with Crippen molar-refractivity contribution >= 4 is 56.6 Å². The van der Waals surface area contributed by atoms with Crippen molar-refractivity contribution in [2.45, 2.75) is 293 Å². The molecule has 0 aromatic heterocycles. The molecule has 0 rings (SSSR count). The number of hydrogen-bond acceptors (Lipinski definition) is 9. The largest absolute Gasteiger partial charge is 0.304 e.